The number of esters is 1. The minimum Gasteiger partial charge on any atom is -0.427 e. The zero-order chi connectivity index (χ0) is 20.2. The summed E-state index contributed by atoms with van der Waals surface area (Å²) in [5.41, 5.74) is 3.95. The molecule has 2 heterocycles. The van der Waals surface area contributed by atoms with Crippen LogP contribution in [0, 0.1) is 6.92 Å². The number of aromatic nitrogens is 2. The summed E-state index contributed by atoms with van der Waals surface area (Å²) >= 11 is 0. The second-order valence-corrected chi connectivity index (χ2v) is 7.97. The normalized spacial score (nSPS) is 14.8. The first-order chi connectivity index (χ1) is 14.1. The molecule has 1 saturated carbocycles. The van der Waals surface area contributed by atoms with Crippen LogP contribution in [-0.2, 0) is 4.79 Å². The predicted octanol–water partition coefficient (Wildman–Crippen LogP) is 5.76. The Bertz CT molecular complexity index is 1000. The molecule has 1 aromatic carbocycles. The van der Waals surface area contributed by atoms with E-state index in [-0.39, 0.29) is 5.97 Å². The SMILES string of the molecule is CCCC(=O)Oc1cccc(-c2nc3cc(C)ccn3c2NC2CCCCC2)c1. The Morgan fingerprint density at radius 2 is 2.03 bits per heavy atom. The number of nitrogens with zero attached hydrogens (tertiary/aromatic N) is 2. The maximum Gasteiger partial charge on any atom is 0.311 e. The standard InChI is InChI=1S/C24H29N3O2/c1-3-8-22(28)29-20-12-7-9-18(16-20)23-24(25-19-10-5-4-6-11-19)27-14-13-17(2)15-21(27)26-23/h7,9,12-16,19,25H,3-6,8,10-11H2,1-2H3. The molecule has 1 aliphatic rings. The molecule has 5 heteroatoms. The lowest BCUT2D eigenvalue weighted by atomic mass is 9.95. The fourth-order valence-corrected chi connectivity index (χ4v) is 4.02. The number of hydrogen-bond donors (Lipinski definition) is 1. The summed E-state index contributed by atoms with van der Waals surface area (Å²) < 4.78 is 7.64. The van der Waals surface area contributed by atoms with Crippen LogP contribution in [0.4, 0.5) is 5.82 Å². The monoisotopic (exact) mass is 391 g/mol. The van der Waals surface area contributed by atoms with E-state index in [1.54, 1.807) is 0 Å². The van der Waals surface area contributed by atoms with E-state index >= 15 is 0 Å². The molecule has 0 saturated heterocycles. The van der Waals surface area contributed by atoms with Crippen LogP contribution in [-0.4, -0.2) is 21.4 Å². The molecule has 1 aliphatic carbocycles. The van der Waals surface area contributed by atoms with Crippen LogP contribution >= 0.6 is 0 Å². The smallest absolute Gasteiger partial charge is 0.311 e. The summed E-state index contributed by atoms with van der Waals surface area (Å²) in [6.07, 6.45) is 9.52. The van der Waals surface area contributed by atoms with Crippen molar-refractivity contribution in [2.24, 2.45) is 0 Å². The highest BCUT2D eigenvalue weighted by Gasteiger charge is 2.20. The van der Waals surface area contributed by atoms with Crippen molar-refractivity contribution < 1.29 is 9.53 Å². The van der Waals surface area contributed by atoms with E-state index in [0.29, 0.717) is 18.2 Å². The number of ether oxygens (including phenoxy) is 1. The fraction of sp³-hybridized carbons (Fsp3) is 0.417. The molecular formula is C24H29N3O2. The molecule has 4 rings (SSSR count). The number of rotatable bonds is 6. The summed E-state index contributed by atoms with van der Waals surface area (Å²) in [5, 5.41) is 3.76. The van der Waals surface area contributed by atoms with E-state index in [2.05, 4.69) is 35.0 Å². The lowest BCUT2D eigenvalue weighted by Gasteiger charge is -2.24. The molecule has 0 spiro atoms. The van der Waals surface area contributed by atoms with Crippen molar-refractivity contribution in [3.05, 3.63) is 48.2 Å². The van der Waals surface area contributed by atoms with Gasteiger partial charge in [0.25, 0.3) is 0 Å². The molecule has 152 valence electrons. The molecule has 5 nitrogen and oxygen atoms in total. The second-order valence-electron chi connectivity index (χ2n) is 7.97. The quantitative estimate of drug-likeness (QED) is 0.429. The molecule has 0 bridgehead atoms. The number of pyridine rings is 1. The summed E-state index contributed by atoms with van der Waals surface area (Å²) in [6, 6.07) is 12.4. The third-order valence-electron chi connectivity index (χ3n) is 5.52. The van der Waals surface area contributed by atoms with Crippen LogP contribution in [0.5, 0.6) is 5.75 Å². The van der Waals surface area contributed by atoms with Gasteiger partial charge in [-0.05, 0) is 56.0 Å². The lowest BCUT2D eigenvalue weighted by molar-refractivity contribution is -0.134. The third kappa shape index (κ3) is 4.44. The van der Waals surface area contributed by atoms with Gasteiger partial charge in [0, 0.05) is 24.2 Å². The Morgan fingerprint density at radius 3 is 2.83 bits per heavy atom. The van der Waals surface area contributed by atoms with Crippen molar-refractivity contribution in [3.63, 3.8) is 0 Å². The second kappa shape index (κ2) is 8.68. The van der Waals surface area contributed by atoms with Gasteiger partial charge in [0.1, 0.15) is 22.9 Å². The van der Waals surface area contributed by atoms with Crippen molar-refractivity contribution in [2.75, 3.05) is 5.32 Å². The molecule has 29 heavy (non-hydrogen) atoms. The number of aryl methyl sites for hydroxylation is 1. The minimum absolute atomic E-state index is 0.198. The van der Waals surface area contributed by atoms with Gasteiger partial charge in [-0.1, -0.05) is 38.3 Å². The number of imidazole rings is 1. The van der Waals surface area contributed by atoms with Crippen molar-refractivity contribution in [3.8, 4) is 17.0 Å². The molecule has 1 fully saturated rings. The zero-order valence-electron chi connectivity index (χ0n) is 17.3. The average Bonchev–Trinajstić information content (AvgIpc) is 3.06. The Morgan fingerprint density at radius 1 is 1.21 bits per heavy atom. The zero-order valence-corrected chi connectivity index (χ0v) is 17.3. The Hall–Kier alpha value is -2.82. The lowest BCUT2D eigenvalue weighted by Crippen LogP contribution is -2.23. The van der Waals surface area contributed by atoms with E-state index in [1.165, 1.54) is 37.7 Å². The summed E-state index contributed by atoms with van der Waals surface area (Å²) in [5.74, 6) is 1.39. The summed E-state index contributed by atoms with van der Waals surface area (Å²) in [4.78, 5) is 16.8. The van der Waals surface area contributed by atoms with Gasteiger partial charge < -0.3 is 10.1 Å². The number of nitrogens with one attached hydrogen (secondary N) is 1. The van der Waals surface area contributed by atoms with Crippen molar-refractivity contribution in [2.45, 2.75) is 64.8 Å². The van der Waals surface area contributed by atoms with E-state index in [0.717, 1.165) is 29.1 Å². The van der Waals surface area contributed by atoms with E-state index < -0.39 is 0 Å². The van der Waals surface area contributed by atoms with Gasteiger partial charge in [-0.25, -0.2) is 4.98 Å². The van der Waals surface area contributed by atoms with Crippen LogP contribution in [0.15, 0.2) is 42.6 Å². The molecule has 0 aliphatic heterocycles. The molecule has 0 radical (unpaired) electrons. The van der Waals surface area contributed by atoms with Crippen LogP contribution in [0.1, 0.15) is 57.4 Å². The summed E-state index contributed by atoms with van der Waals surface area (Å²) in [7, 11) is 0. The number of carbonyl (C=O) groups is 1. The molecule has 3 aromatic rings. The Labute approximate surface area is 172 Å². The first kappa shape index (κ1) is 19.5. The number of carbonyl (C=O) groups excluding carboxylic acids is 1. The van der Waals surface area contributed by atoms with E-state index in [9.17, 15) is 4.79 Å². The first-order valence-electron chi connectivity index (χ1n) is 10.7. The molecule has 1 N–H and O–H groups in total. The maximum absolute atomic E-state index is 11.9. The third-order valence-corrected chi connectivity index (χ3v) is 5.52. The maximum atomic E-state index is 11.9. The minimum atomic E-state index is -0.198. The van der Waals surface area contributed by atoms with Crippen molar-refractivity contribution in [1.29, 1.82) is 0 Å². The average molecular weight is 392 g/mol. The van der Waals surface area contributed by atoms with Crippen LogP contribution in [0.25, 0.3) is 16.9 Å². The van der Waals surface area contributed by atoms with Gasteiger partial charge >= 0.3 is 5.97 Å². The number of hydrogen-bond acceptors (Lipinski definition) is 4. The molecular weight excluding hydrogens is 362 g/mol. The fourth-order valence-electron chi connectivity index (χ4n) is 4.02. The van der Waals surface area contributed by atoms with Crippen LogP contribution in [0.3, 0.4) is 0 Å². The highest BCUT2D eigenvalue weighted by Crippen LogP contribution is 2.33. The molecule has 0 unspecified atom stereocenters. The van der Waals surface area contributed by atoms with Crippen LogP contribution < -0.4 is 10.1 Å². The molecule has 0 amide bonds. The van der Waals surface area contributed by atoms with Crippen molar-refractivity contribution >= 4 is 17.4 Å². The van der Waals surface area contributed by atoms with Gasteiger partial charge in [-0.2, -0.15) is 0 Å². The van der Waals surface area contributed by atoms with Gasteiger partial charge in [0.15, 0.2) is 0 Å². The molecule has 0 atom stereocenters. The number of anilines is 1. The van der Waals surface area contributed by atoms with E-state index in [1.807, 2.05) is 31.2 Å². The van der Waals surface area contributed by atoms with Gasteiger partial charge in [-0.3, -0.25) is 9.20 Å². The summed E-state index contributed by atoms with van der Waals surface area (Å²) in [6.45, 7) is 4.05. The largest absolute Gasteiger partial charge is 0.427 e. The van der Waals surface area contributed by atoms with Crippen LogP contribution in [0.2, 0.25) is 0 Å². The first-order valence-corrected chi connectivity index (χ1v) is 10.7. The Balaban J connectivity index is 1.72. The Kier molecular flexibility index (Phi) is 5.84. The van der Waals surface area contributed by atoms with Gasteiger partial charge in [0.05, 0.1) is 0 Å². The van der Waals surface area contributed by atoms with Gasteiger partial charge in [-0.15, -0.1) is 0 Å². The topological polar surface area (TPSA) is 55.6 Å². The number of fused-ring (bicyclic) bond motifs is 1. The predicted molar refractivity (Wildman–Crippen MR) is 116 cm³/mol. The van der Waals surface area contributed by atoms with Gasteiger partial charge in [0.2, 0.25) is 0 Å². The van der Waals surface area contributed by atoms with E-state index in [4.69, 9.17) is 9.72 Å². The highest BCUT2D eigenvalue weighted by molar-refractivity contribution is 5.78. The number of benzene rings is 1. The molecule has 2 aromatic heterocycles. The highest BCUT2D eigenvalue weighted by atomic mass is 16.5. The van der Waals surface area contributed by atoms with Crippen molar-refractivity contribution in [1.82, 2.24) is 9.38 Å².